The minimum Gasteiger partial charge on any atom is -0.497 e. The topological polar surface area (TPSA) is 56.8 Å². The van der Waals surface area contributed by atoms with Crippen LogP contribution in [0.1, 0.15) is 110 Å². The third-order valence-electron chi connectivity index (χ3n) is 9.94. The zero-order valence-corrected chi connectivity index (χ0v) is 28.2. The van der Waals surface area contributed by atoms with Crippen molar-refractivity contribution < 1.29 is 18.3 Å². The summed E-state index contributed by atoms with van der Waals surface area (Å²) in [6.07, 6.45) is 6.19. The molecule has 0 aliphatic heterocycles. The van der Waals surface area contributed by atoms with Gasteiger partial charge in [-0.05, 0) is 91.4 Å². The predicted octanol–water partition coefficient (Wildman–Crippen LogP) is 10.2. The highest BCUT2D eigenvalue weighted by Gasteiger charge is 2.47. The number of hydrogen-bond donors (Lipinski definition) is 1. The quantitative estimate of drug-likeness (QED) is 0.247. The standard InChI is InChI=1S/C36H56NO4P/c1-24(2)32-20-14-26(5)22-34(32)40-42(38,41-35-23-27(6)15-21-33(35)25(3)4)36(30-16-18-31(39-8)19-17-30)37-28(7)29-12-10-9-11-13-29/h9-13,16-19,24-28,32-37H,14-15,20-23H2,1-8H3/t26-,27+,28-,32-,33+,34+,35+,36-,42?/m0/s1. The van der Waals surface area contributed by atoms with Crippen molar-refractivity contribution >= 4 is 7.60 Å². The van der Waals surface area contributed by atoms with Crippen molar-refractivity contribution in [2.75, 3.05) is 7.11 Å². The molecule has 0 spiro atoms. The van der Waals surface area contributed by atoms with E-state index in [2.05, 4.69) is 78.0 Å². The lowest BCUT2D eigenvalue weighted by molar-refractivity contribution is -0.00718. The monoisotopic (exact) mass is 597 g/mol. The molecule has 2 aromatic carbocycles. The molecule has 5 nitrogen and oxygen atoms in total. The van der Waals surface area contributed by atoms with Gasteiger partial charge in [0.25, 0.3) is 0 Å². The van der Waals surface area contributed by atoms with Crippen molar-refractivity contribution in [2.45, 2.75) is 111 Å². The second kappa shape index (κ2) is 14.9. The van der Waals surface area contributed by atoms with Crippen LogP contribution in [0.5, 0.6) is 5.75 Å². The Labute approximate surface area is 256 Å². The Kier molecular flexibility index (Phi) is 11.8. The SMILES string of the molecule is COc1ccc([C@@H](N[C@@H](C)c2ccccc2)P(=O)(O[C@@H]2C[C@H](C)CC[C@@H]2C(C)C)O[C@@H]2C[C@@H](C)CC[C@H]2C(C)C)cc1. The van der Waals surface area contributed by atoms with Crippen LogP contribution in [-0.2, 0) is 13.6 Å². The first-order chi connectivity index (χ1) is 20.0. The Morgan fingerprint density at radius 1 is 0.714 bits per heavy atom. The summed E-state index contributed by atoms with van der Waals surface area (Å²) in [6, 6.07) is 18.2. The lowest BCUT2D eigenvalue weighted by atomic mass is 9.75. The van der Waals surface area contributed by atoms with Crippen molar-refractivity contribution in [2.24, 2.45) is 35.5 Å². The third-order valence-corrected chi connectivity index (χ3v) is 12.2. The van der Waals surface area contributed by atoms with Gasteiger partial charge in [0.1, 0.15) is 11.5 Å². The molecular formula is C36H56NO4P. The highest BCUT2D eigenvalue weighted by Crippen LogP contribution is 2.65. The first-order valence-electron chi connectivity index (χ1n) is 16.4. The molecule has 0 saturated heterocycles. The fraction of sp³-hybridized carbons (Fsp3) is 0.667. The summed E-state index contributed by atoms with van der Waals surface area (Å²) in [7, 11) is -2.07. The van der Waals surface area contributed by atoms with E-state index < -0.39 is 13.4 Å². The van der Waals surface area contributed by atoms with Gasteiger partial charge in [0.15, 0.2) is 0 Å². The molecule has 4 rings (SSSR count). The molecule has 2 aliphatic rings. The van der Waals surface area contributed by atoms with Crippen LogP contribution in [-0.4, -0.2) is 19.3 Å². The maximum absolute atomic E-state index is 15.8. The van der Waals surface area contributed by atoms with Gasteiger partial charge < -0.3 is 13.8 Å². The lowest BCUT2D eigenvalue weighted by Gasteiger charge is -2.44. The number of ether oxygens (including phenoxy) is 1. The smallest absolute Gasteiger partial charge is 0.352 e. The molecule has 234 valence electrons. The largest absolute Gasteiger partial charge is 0.497 e. The van der Waals surface area contributed by atoms with Crippen LogP contribution in [0.4, 0.5) is 0 Å². The first-order valence-corrected chi connectivity index (χ1v) is 18.0. The van der Waals surface area contributed by atoms with Gasteiger partial charge in [0, 0.05) is 6.04 Å². The minimum absolute atomic E-state index is 0.0591. The second-order valence-corrected chi connectivity index (χ2v) is 16.0. The van der Waals surface area contributed by atoms with Crippen molar-refractivity contribution in [1.82, 2.24) is 5.32 Å². The van der Waals surface area contributed by atoms with E-state index in [0.29, 0.717) is 35.5 Å². The number of benzene rings is 2. The van der Waals surface area contributed by atoms with E-state index >= 15 is 4.57 Å². The van der Waals surface area contributed by atoms with Crippen LogP contribution in [0.3, 0.4) is 0 Å². The Bertz CT molecular complexity index is 1100. The second-order valence-electron chi connectivity index (χ2n) is 14.0. The van der Waals surface area contributed by atoms with E-state index in [1.54, 1.807) is 7.11 Å². The molecule has 9 atom stereocenters. The van der Waals surface area contributed by atoms with E-state index in [1.807, 2.05) is 30.3 Å². The molecule has 42 heavy (non-hydrogen) atoms. The van der Waals surface area contributed by atoms with Gasteiger partial charge in [-0.25, -0.2) is 0 Å². The van der Waals surface area contributed by atoms with E-state index in [9.17, 15) is 0 Å². The molecule has 2 saturated carbocycles. The molecule has 6 heteroatoms. The normalized spacial score (nSPS) is 29.7. The van der Waals surface area contributed by atoms with E-state index in [0.717, 1.165) is 42.6 Å². The molecule has 0 heterocycles. The van der Waals surface area contributed by atoms with Gasteiger partial charge in [-0.15, -0.1) is 0 Å². The lowest BCUT2D eigenvalue weighted by Crippen LogP contribution is -2.38. The van der Waals surface area contributed by atoms with Crippen LogP contribution in [0.15, 0.2) is 54.6 Å². The predicted molar refractivity (Wildman–Crippen MR) is 174 cm³/mol. The number of rotatable bonds is 12. The average molecular weight is 598 g/mol. The highest BCUT2D eigenvalue weighted by molar-refractivity contribution is 7.54. The summed E-state index contributed by atoms with van der Waals surface area (Å²) < 4.78 is 35.3. The van der Waals surface area contributed by atoms with Crippen molar-refractivity contribution in [3.05, 3.63) is 65.7 Å². The molecule has 2 aliphatic carbocycles. The molecule has 0 radical (unpaired) electrons. The Hall–Kier alpha value is -1.65. The number of nitrogens with one attached hydrogen (secondary N) is 1. The van der Waals surface area contributed by atoms with Crippen LogP contribution >= 0.6 is 7.60 Å². The zero-order valence-electron chi connectivity index (χ0n) is 27.3. The van der Waals surface area contributed by atoms with Gasteiger partial charge >= 0.3 is 7.60 Å². The summed E-state index contributed by atoms with van der Waals surface area (Å²) in [4.78, 5) is 0. The van der Waals surface area contributed by atoms with Crippen LogP contribution < -0.4 is 10.1 Å². The van der Waals surface area contributed by atoms with E-state index in [-0.39, 0.29) is 18.2 Å². The molecular weight excluding hydrogens is 541 g/mol. The molecule has 0 amide bonds. The van der Waals surface area contributed by atoms with Crippen LogP contribution in [0, 0.1) is 35.5 Å². The average Bonchev–Trinajstić information content (AvgIpc) is 2.96. The molecule has 2 aromatic rings. The molecule has 0 aromatic heterocycles. The summed E-state index contributed by atoms with van der Waals surface area (Å²) in [5, 5.41) is 3.76. The van der Waals surface area contributed by atoms with Crippen molar-refractivity contribution in [3.8, 4) is 5.75 Å². The maximum Gasteiger partial charge on any atom is 0.352 e. The van der Waals surface area contributed by atoms with Crippen LogP contribution in [0.2, 0.25) is 0 Å². The Morgan fingerprint density at radius 2 is 1.21 bits per heavy atom. The number of methoxy groups -OCH3 is 1. The van der Waals surface area contributed by atoms with Gasteiger partial charge in [0.2, 0.25) is 0 Å². The summed E-state index contributed by atoms with van der Waals surface area (Å²) in [5.74, 6) is 2.83. The van der Waals surface area contributed by atoms with Crippen molar-refractivity contribution in [3.63, 3.8) is 0 Å². The number of hydrogen-bond acceptors (Lipinski definition) is 5. The molecule has 1 N–H and O–H groups in total. The van der Waals surface area contributed by atoms with Gasteiger partial charge in [-0.2, -0.15) is 0 Å². The van der Waals surface area contributed by atoms with Crippen molar-refractivity contribution in [1.29, 1.82) is 0 Å². The molecule has 2 fully saturated rings. The maximum atomic E-state index is 15.8. The van der Waals surface area contributed by atoms with Crippen LogP contribution in [0.25, 0.3) is 0 Å². The molecule has 1 unspecified atom stereocenters. The fourth-order valence-electron chi connectivity index (χ4n) is 7.23. The van der Waals surface area contributed by atoms with Gasteiger partial charge in [-0.1, -0.05) is 96.8 Å². The molecule has 0 bridgehead atoms. The first kappa shape index (κ1) is 33.2. The minimum atomic E-state index is -3.75. The summed E-state index contributed by atoms with van der Waals surface area (Å²) >= 11 is 0. The van der Waals surface area contributed by atoms with E-state index in [4.69, 9.17) is 13.8 Å². The third kappa shape index (κ3) is 8.29. The highest BCUT2D eigenvalue weighted by atomic mass is 31.2. The van der Waals surface area contributed by atoms with E-state index in [1.165, 1.54) is 12.8 Å². The Balaban J connectivity index is 1.79. The Morgan fingerprint density at radius 3 is 1.67 bits per heavy atom. The van der Waals surface area contributed by atoms with Gasteiger partial charge in [0.05, 0.1) is 19.3 Å². The summed E-state index contributed by atoms with van der Waals surface area (Å²) in [5.41, 5.74) is 2.04. The van der Waals surface area contributed by atoms with Gasteiger partial charge in [-0.3, -0.25) is 9.88 Å². The zero-order chi connectivity index (χ0) is 30.4. The fourth-order valence-corrected chi connectivity index (χ4v) is 9.70. The summed E-state index contributed by atoms with van der Waals surface area (Å²) in [6.45, 7) is 15.8.